The van der Waals surface area contributed by atoms with Crippen LogP contribution in [0.25, 0.3) is 10.9 Å². The van der Waals surface area contributed by atoms with Crippen molar-refractivity contribution in [3.8, 4) is 5.75 Å². The van der Waals surface area contributed by atoms with Gasteiger partial charge in [0.25, 0.3) is 5.91 Å². The standard InChI is InChI=1S/C54H65N5O9S/c1-9-50(56-44(61)34-16-18-35(69-8)19-17-34)28-33-29-53(48(62)66-6,43-37(20-24-58(30-33)31-50)36-14-11-12-15-40(36)55-43)39-26-38-41(27-42(39)65-5)57(4)46-52(38)22-25-59-23-13-21-51(10-2,45(52)59)47(68-32(3)60)54(46,64)49(63)67-7/h11-19,21,26-27,33,45-47,55,64H,9-10,20,22-25,28-31H2,1-8H3,(H,56,61)/t33-,45+,46-,47-,50+,51-,52-,53+,54+/m1/s1. The molecule has 14 nitrogen and oxygen atoms in total. The average molecular weight is 960 g/mol. The smallest absolute Gasteiger partial charge is 0.344 e. The van der Waals surface area contributed by atoms with Crippen molar-refractivity contribution in [2.75, 3.05) is 72.3 Å². The van der Waals surface area contributed by atoms with Crippen molar-refractivity contribution < 1.29 is 43.2 Å². The summed E-state index contributed by atoms with van der Waals surface area (Å²) in [6.45, 7) is 8.76. The van der Waals surface area contributed by atoms with Gasteiger partial charge in [0.1, 0.15) is 11.2 Å². The van der Waals surface area contributed by atoms with Gasteiger partial charge < -0.3 is 44.2 Å². The van der Waals surface area contributed by atoms with Gasteiger partial charge in [-0.05, 0) is 105 Å². The lowest BCUT2D eigenvalue weighted by atomic mass is 9.47. The summed E-state index contributed by atoms with van der Waals surface area (Å²) in [6.07, 6.45) is 8.05. The molecular weight excluding hydrogens is 895 g/mol. The maximum Gasteiger partial charge on any atom is 0.344 e. The van der Waals surface area contributed by atoms with Crippen LogP contribution in [0.2, 0.25) is 0 Å². The van der Waals surface area contributed by atoms with E-state index in [1.54, 1.807) is 18.9 Å². The maximum absolute atomic E-state index is 15.7. The van der Waals surface area contributed by atoms with E-state index in [-0.39, 0.29) is 17.9 Å². The number of carbonyl (C=O) groups is 4. The average Bonchev–Trinajstić information content (AvgIpc) is 4.03. The number of piperidine rings is 1. The molecule has 3 aromatic carbocycles. The SMILES string of the molecule is CC[C@]1(NC(=O)c2ccc(SC)cc2)C[C@H]2CN(CCc3c([nH]c4ccccc34)[C@@](C(=O)OC)(c3cc4c(cc3OC)N(C)[C@H]3[C@@](O)(C(=O)OC)[C@H](OC(C)=O)[C@]5(CC)C=CCN6CC[C@]43[C@@H]65)C2)C1. The van der Waals surface area contributed by atoms with E-state index in [0.29, 0.717) is 88.1 Å². The molecule has 2 bridgehead atoms. The number of ether oxygens (including phenoxy) is 4. The molecule has 1 amide bonds. The van der Waals surface area contributed by atoms with Gasteiger partial charge in [0, 0.05) is 101 Å². The van der Waals surface area contributed by atoms with Crippen LogP contribution in [0.4, 0.5) is 5.69 Å². The normalized spacial score (nSPS) is 33.2. The molecule has 5 aliphatic heterocycles. The topological polar surface area (TPSA) is 163 Å². The Hall–Kier alpha value is -5.35. The van der Waals surface area contributed by atoms with Crippen molar-refractivity contribution in [1.29, 1.82) is 0 Å². The number of likely N-dealkylation sites (N-methyl/N-ethyl adjacent to an activating group) is 1. The highest BCUT2D eigenvalue weighted by molar-refractivity contribution is 7.98. The number of amides is 1. The first-order chi connectivity index (χ1) is 33.1. The van der Waals surface area contributed by atoms with Crippen LogP contribution in [0, 0.1) is 11.3 Å². The van der Waals surface area contributed by atoms with Gasteiger partial charge in [-0.2, -0.15) is 0 Å². The molecule has 6 aliphatic rings. The molecule has 10 rings (SSSR count). The third-order valence-corrected chi connectivity index (χ3v) is 18.1. The predicted octanol–water partition coefficient (Wildman–Crippen LogP) is 6.15. The number of thioether (sulfide) groups is 1. The lowest BCUT2D eigenvalue weighted by molar-refractivity contribution is -0.228. The van der Waals surface area contributed by atoms with Gasteiger partial charge in [0.2, 0.25) is 5.60 Å². The van der Waals surface area contributed by atoms with Crippen LogP contribution in [0.3, 0.4) is 0 Å². The molecule has 3 N–H and O–H groups in total. The number of carbonyl (C=O) groups excluding carboxylic acids is 4. The molecule has 366 valence electrons. The van der Waals surface area contributed by atoms with Crippen LogP contribution in [-0.2, 0) is 45.8 Å². The van der Waals surface area contributed by atoms with E-state index in [2.05, 4.69) is 51.3 Å². The molecule has 69 heavy (non-hydrogen) atoms. The minimum Gasteiger partial charge on any atom is -0.496 e. The second-order valence-corrected chi connectivity index (χ2v) is 21.3. The Morgan fingerprint density at radius 3 is 2.36 bits per heavy atom. The fourth-order valence-electron chi connectivity index (χ4n) is 14.8. The molecule has 3 fully saturated rings. The van der Waals surface area contributed by atoms with Crippen LogP contribution in [0.5, 0.6) is 5.75 Å². The Labute approximate surface area is 408 Å². The number of nitrogens with zero attached hydrogens (tertiary/aromatic N) is 3. The third-order valence-electron chi connectivity index (χ3n) is 17.4. The van der Waals surface area contributed by atoms with Crippen LogP contribution >= 0.6 is 11.8 Å². The molecule has 6 heterocycles. The summed E-state index contributed by atoms with van der Waals surface area (Å²) in [5, 5.41) is 18.0. The minimum absolute atomic E-state index is 0.123. The zero-order chi connectivity index (χ0) is 48.8. The molecule has 1 aliphatic carbocycles. The Kier molecular flexibility index (Phi) is 11.8. The van der Waals surface area contributed by atoms with Gasteiger partial charge in [0.05, 0.1) is 32.9 Å². The largest absolute Gasteiger partial charge is 0.496 e. The summed E-state index contributed by atoms with van der Waals surface area (Å²) >= 11 is 1.63. The molecule has 10 atom stereocenters. The van der Waals surface area contributed by atoms with E-state index in [1.807, 2.05) is 73.7 Å². The summed E-state index contributed by atoms with van der Waals surface area (Å²) in [4.78, 5) is 69.3. The first-order valence-corrected chi connectivity index (χ1v) is 25.6. The number of fused-ring (bicyclic) bond motifs is 6. The lowest BCUT2D eigenvalue weighted by Gasteiger charge is -2.63. The molecule has 0 radical (unpaired) electrons. The van der Waals surface area contributed by atoms with E-state index in [0.717, 1.165) is 38.3 Å². The molecule has 1 aromatic heterocycles. The summed E-state index contributed by atoms with van der Waals surface area (Å²) in [5.74, 6) is -1.75. The first-order valence-electron chi connectivity index (χ1n) is 24.4. The van der Waals surface area contributed by atoms with Crippen molar-refractivity contribution in [3.05, 3.63) is 101 Å². The summed E-state index contributed by atoms with van der Waals surface area (Å²) in [7, 11) is 6.18. The highest BCUT2D eigenvalue weighted by atomic mass is 32.2. The molecule has 4 aromatic rings. The summed E-state index contributed by atoms with van der Waals surface area (Å²) < 4.78 is 24.3. The molecule has 2 saturated heterocycles. The number of nitrogens with one attached hydrogen (secondary N) is 2. The molecule has 15 heteroatoms. The van der Waals surface area contributed by atoms with Crippen LogP contribution in [0.15, 0.2) is 77.7 Å². The van der Waals surface area contributed by atoms with Crippen molar-refractivity contribution >= 4 is 52.2 Å². The van der Waals surface area contributed by atoms with Crippen molar-refractivity contribution in [2.24, 2.45) is 11.3 Å². The number of methoxy groups -OCH3 is 3. The van der Waals surface area contributed by atoms with Crippen LogP contribution < -0.4 is 15.0 Å². The predicted molar refractivity (Wildman–Crippen MR) is 264 cm³/mol. The van der Waals surface area contributed by atoms with E-state index in [1.165, 1.54) is 21.1 Å². The summed E-state index contributed by atoms with van der Waals surface area (Å²) in [5.41, 5.74) is -0.916. The number of anilines is 1. The quantitative estimate of drug-likeness (QED) is 0.0719. The molecule has 1 unspecified atom stereocenters. The lowest BCUT2D eigenvalue weighted by Crippen LogP contribution is -2.81. The Morgan fingerprint density at radius 2 is 1.68 bits per heavy atom. The highest BCUT2D eigenvalue weighted by Crippen LogP contribution is 2.68. The number of para-hydroxylation sites is 1. The zero-order valence-corrected chi connectivity index (χ0v) is 41.8. The Balaban J connectivity index is 1.21. The number of hydrogen-bond acceptors (Lipinski definition) is 13. The number of hydrogen-bond donors (Lipinski definition) is 3. The van der Waals surface area contributed by atoms with Gasteiger partial charge in [-0.15, -0.1) is 11.8 Å². The van der Waals surface area contributed by atoms with Gasteiger partial charge in [-0.3, -0.25) is 19.3 Å². The van der Waals surface area contributed by atoms with E-state index >= 15 is 4.79 Å². The second kappa shape index (κ2) is 17.2. The van der Waals surface area contributed by atoms with Crippen molar-refractivity contribution in [1.82, 2.24) is 20.1 Å². The van der Waals surface area contributed by atoms with Gasteiger partial charge in [-0.1, -0.05) is 44.2 Å². The number of aromatic amines is 1. The summed E-state index contributed by atoms with van der Waals surface area (Å²) in [6, 6.07) is 18.7. The van der Waals surface area contributed by atoms with Gasteiger partial charge in [-0.25, -0.2) is 4.79 Å². The number of esters is 3. The fraction of sp³-hybridized carbons (Fsp3) is 0.519. The number of benzene rings is 3. The van der Waals surface area contributed by atoms with E-state index in [4.69, 9.17) is 18.9 Å². The van der Waals surface area contributed by atoms with Gasteiger partial charge >= 0.3 is 17.9 Å². The minimum atomic E-state index is -2.33. The number of rotatable bonds is 10. The zero-order valence-electron chi connectivity index (χ0n) is 41.0. The van der Waals surface area contributed by atoms with E-state index < -0.39 is 57.4 Å². The monoisotopic (exact) mass is 959 g/mol. The molecule has 1 saturated carbocycles. The molecule has 1 spiro atoms. The van der Waals surface area contributed by atoms with Crippen molar-refractivity contribution in [3.63, 3.8) is 0 Å². The van der Waals surface area contributed by atoms with E-state index in [9.17, 15) is 19.5 Å². The number of H-pyrrole nitrogens is 1. The van der Waals surface area contributed by atoms with Crippen molar-refractivity contribution in [2.45, 2.75) is 104 Å². The second-order valence-electron chi connectivity index (χ2n) is 20.4. The van der Waals surface area contributed by atoms with Crippen LogP contribution in [0.1, 0.15) is 85.6 Å². The van der Waals surface area contributed by atoms with Gasteiger partial charge in [0.15, 0.2) is 6.10 Å². The maximum atomic E-state index is 15.7. The Morgan fingerprint density at radius 1 is 0.928 bits per heavy atom. The highest BCUT2D eigenvalue weighted by Gasteiger charge is 2.80. The Bertz CT molecular complexity index is 2760. The van der Waals surface area contributed by atoms with Crippen LogP contribution in [-0.4, -0.2) is 140 Å². The number of aromatic nitrogens is 1. The third kappa shape index (κ3) is 6.69. The number of aliphatic hydroxyl groups is 1. The first kappa shape index (κ1) is 47.3. The fourth-order valence-corrected chi connectivity index (χ4v) is 15.2. The molecular formula is C54H65N5O9S.